The molecule has 1 aromatic rings. The normalized spacial score (nSPS) is 26.2. The molecule has 0 aliphatic carbocycles. The summed E-state index contributed by atoms with van der Waals surface area (Å²) in [5.74, 6) is 0.257. The largest absolute Gasteiger partial charge is 0.309 e. The van der Waals surface area contributed by atoms with Crippen molar-refractivity contribution in [2.24, 2.45) is 0 Å². The zero-order valence-corrected chi connectivity index (χ0v) is 10.3. The van der Waals surface area contributed by atoms with Crippen molar-refractivity contribution in [3.05, 3.63) is 47.0 Å². The summed E-state index contributed by atoms with van der Waals surface area (Å²) in [6.45, 7) is 1.49. The van der Waals surface area contributed by atoms with E-state index in [1.54, 1.807) is 0 Å². The van der Waals surface area contributed by atoms with Crippen LogP contribution in [0.25, 0.3) is 0 Å². The smallest absolute Gasteiger partial charge is 0.161 e. The van der Waals surface area contributed by atoms with Crippen molar-refractivity contribution >= 4 is 9.84 Å². The van der Waals surface area contributed by atoms with E-state index >= 15 is 0 Å². The van der Waals surface area contributed by atoms with Gasteiger partial charge in [-0.25, -0.2) is 8.42 Å². The summed E-state index contributed by atoms with van der Waals surface area (Å²) in [6.07, 6.45) is 0.615. The predicted octanol–water partition coefficient (Wildman–Crippen LogP) is 0.926. The molecule has 4 heteroatoms. The van der Waals surface area contributed by atoms with Crippen LogP contribution in [0.15, 0.2) is 41.5 Å². The second kappa shape index (κ2) is 3.96. The molecule has 2 heterocycles. The van der Waals surface area contributed by atoms with Gasteiger partial charge in [0.05, 0.1) is 11.0 Å². The lowest BCUT2D eigenvalue weighted by atomic mass is 10.0. The number of nitrogens with one attached hydrogen (secondary N) is 1. The van der Waals surface area contributed by atoms with Crippen LogP contribution in [0.2, 0.25) is 0 Å². The van der Waals surface area contributed by atoms with Crippen molar-refractivity contribution in [3.8, 4) is 0 Å². The highest BCUT2D eigenvalue weighted by Gasteiger charge is 2.40. The quantitative estimate of drug-likeness (QED) is 0.793. The second-order valence-corrected chi connectivity index (χ2v) is 6.90. The van der Waals surface area contributed by atoms with Crippen LogP contribution >= 0.6 is 0 Å². The van der Waals surface area contributed by atoms with E-state index in [2.05, 4.69) is 5.32 Å². The van der Waals surface area contributed by atoms with Crippen molar-refractivity contribution in [3.63, 3.8) is 0 Å². The van der Waals surface area contributed by atoms with Crippen molar-refractivity contribution in [2.75, 3.05) is 18.8 Å². The van der Waals surface area contributed by atoms with Gasteiger partial charge in [0.15, 0.2) is 9.84 Å². The molecule has 0 fully saturated rings. The van der Waals surface area contributed by atoms with E-state index < -0.39 is 9.84 Å². The van der Waals surface area contributed by atoms with Crippen LogP contribution in [-0.2, 0) is 16.3 Å². The Bertz CT molecular complexity index is 560. The number of rotatable bonds is 2. The molecule has 0 saturated heterocycles. The maximum atomic E-state index is 12.1. The van der Waals surface area contributed by atoms with E-state index in [1.807, 2.05) is 30.3 Å². The molecule has 1 unspecified atom stereocenters. The van der Waals surface area contributed by atoms with E-state index in [0.717, 1.165) is 29.8 Å². The number of hydrogen-bond acceptors (Lipinski definition) is 3. The van der Waals surface area contributed by atoms with E-state index in [0.29, 0.717) is 6.42 Å². The predicted molar refractivity (Wildman–Crippen MR) is 67.6 cm³/mol. The molecule has 1 aromatic carbocycles. The fourth-order valence-corrected chi connectivity index (χ4v) is 4.81. The molecule has 0 saturated carbocycles. The molecule has 3 nitrogen and oxygen atoms in total. The first-order valence-electron chi connectivity index (χ1n) is 5.84. The molecule has 0 radical (unpaired) electrons. The highest BCUT2D eigenvalue weighted by atomic mass is 32.2. The summed E-state index contributed by atoms with van der Waals surface area (Å²) in [7, 11) is -2.96. The lowest BCUT2D eigenvalue weighted by Gasteiger charge is -2.13. The van der Waals surface area contributed by atoms with Gasteiger partial charge in [-0.3, -0.25) is 0 Å². The lowest BCUT2D eigenvalue weighted by molar-refractivity contribution is 0.589. The van der Waals surface area contributed by atoms with Gasteiger partial charge in [0.25, 0.3) is 0 Å². The Balaban J connectivity index is 1.91. The number of hydrogen-bond donors (Lipinski definition) is 1. The van der Waals surface area contributed by atoms with Crippen molar-refractivity contribution in [2.45, 2.75) is 11.7 Å². The third-order valence-electron chi connectivity index (χ3n) is 3.57. The molecule has 3 rings (SSSR count). The fraction of sp³-hybridized carbons (Fsp3) is 0.385. The highest BCUT2D eigenvalue weighted by Crippen LogP contribution is 2.31. The van der Waals surface area contributed by atoms with Crippen LogP contribution in [0.5, 0.6) is 0 Å². The molecule has 0 bridgehead atoms. The van der Waals surface area contributed by atoms with Crippen LogP contribution in [-0.4, -0.2) is 32.5 Å². The van der Waals surface area contributed by atoms with E-state index in [-0.39, 0.29) is 11.0 Å². The first-order valence-corrected chi connectivity index (χ1v) is 7.55. The second-order valence-electron chi connectivity index (χ2n) is 4.72. The monoisotopic (exact) mass is 249 g/mol. The molecule has 90 valence electrons. The number of benzene rings is 1. The van der Waals surface area contributed by atoms with Gasteiger partial charge in [-0.2, -0.15) is 0 Å². The van der Waals surface area contributed by atoms with Gasteiger partial charge in [0.2, 0.25) is 0 Å². The molecule has 0 aromatic heterocycles. The van der Waals surface area contributed by atoms with Crippen molar-refractivity contribution in [1.29, 1.82) is 0 Å². The lowest BCUT2D eigenvalue weighted by Crippen LogP contribution is -2.27. The Hall–Kier alpha value is -1.13. The molecule has 1 atom stereocenters. The standard InChI is InChI=1S/C13H15NO2S/c15-17(16)9-11-7-14-8-12(11)13(17)6-10-4-2-1-3-5-10/h1-5,13-14H,6-9H2. The molecule has 2 aliphatic heterocycles. The summed E-state index contributed by atoms with van der Waals surface area (Å²) in [5.41, 5.74) is 3.32. The first-order chi connectivity index (χ1) is 8.17. The summed E-state index contributed by atoms with van der Waals surface area (Å²) in [4.78, 5) is 0. The number of sulfone groups is 1. The SMILES string of the molecule is O=S1(=O)CC2=C(CNC2)C1Cc1ccccc1. The van der Waals surface area contributed by atoms with Gasteiger partial charge in [-0.05, 0) is 23.1 Å². The van der Waals surface area contributed by atoms with Crippen LogP contribution in [0.3, 0.4) is 0 Å². The minimum absolute atomic E-state index is 0.257. The molecule has 0 spiro atoms. The zero-order valence-electron chi connectivity index (χ0n) is 9.52. The third kappa shape index (κ3) is 1.91. The topological polar surface area (TPSA) is 46.2 Å². The molecule has 2 aliphatic rings. The van der Waals surface area contributed by atoms with E-state index in [1.165, 1.54) is 0 Å². The third-order valence-corrected chi connectivity index (χ3v) is 5.64. The Morgan fingerprint density at radius 2 is 1.94 bits per heavy atom. The first kappa shape index (κ1) is 11.0. The van der Waals surface area contributed by atoms with Crippen molar-refractivity contribution in [1.82, 2.24) is 5.32 Å². The Morgan fingerprint density at radius 3 is 2.71 bits per heavy atom. The summed E-state index contributed by atoms with van der Waals surface area (Å²) in [6, 6.07) is 9.86. The summed E-state index contributed by atoms with van der Waals surface area (Å²) >= 11 is 0. The van der Waals surface area contributed by atoms with Gasteiger partial charge in [-0.15, -0.1) is 0 Å². The van der Waals surface area contributed by atoms with Crippen LogP contribution in [0.1, 0.15) is 5.56 Å². The van der Waals surface area contributed by atoms with Gasteiger partial charge >= 0.3 is 0 Å². The Morgan fingerprint density at radius 1 is 1.18 bits per heavy atom. The Kier molecular flexibility index (Phi) is 2.56. The van der Waals surface area contributed by atoms with Crippen LogP contribution < -0.4 is 5.32 Å². The van der Waals surface area contributed by atoms with Gasteiger partial charge in [0.1, 0.15) is 0 Å². The molecular weight excluding hydrogens is 234 g/mol. The minimum atomic E-state index is -2.96. The average molecular weight is 249 g/mol. The van der Waals surface area contributed by atoms with Gasteiger partial charge in [-0.1, -0.05) is 30.3 Å². The molecule has 1 N–H and O–H groups in total. The highest BCUT2D eigenvalue weighted by molar-refractivity contribution is 7.92. The maximum absolute atomic E-state index is 12.1. The van der Waals surface area contributed by atoms with Crippen molar-refractivity contribution < 1.29 is 8.42 Å². The summed E-state index contributed by atoms with van der Waals surface area (Å²) < 4.78 is 24.2. The van der Waals surface area contributed by atoms with Crippen LogP contribution in [0.4, 0.5) is 0 Å². The fourth-order valence-electron chi connectivity index (χ4n) is 2.71. The zero-order chi connectivity index (χ0) is 11.9. The molecule has 17 heavy (non-hydrogen) atoms. The maximum Gasteiger partial charge on any atom is 0.161 e. The molecule has 0 amide bonds. The molecular formula is C13H15NO2S. The van der Waals surface area contributed by atoms with Gasteiger partial charge < -0.3 is 5.32 Å². The van der Waals surface area contributed by atoms with E-state index in [4.69, 9.17) is 0 Å². The average Bonchev–Trinajstić information content (AvgIpc) is 2.82. The van der Waals surface area contributed by atoms with Crippen LogP contribution in [0, 0.1) is 0 Å². The Labute approximate surface area is 101 Å². The summed E-state index contributed by atoms with van der Waals surface area (Å²) in [5, 5.41) is 2.94. The van der Waals surface area contributed by atoms with E-state index in [9.17, 15) is 8.42 Å². The van der Waals surface area contributed by atoms with Gasteiger partial charge in [0, 0.05) is 13.1 Å². The minimum Gasteiger partial charge on any atom is -0.309 e.